The van der Waals surface area contributed by atoms with Gasteiger partial charge in [-0.3, -0.25) is 9.69 Å². The van der Waals surface area contributed by atoms with Gasteiger partial charge < -0.3 is 14.5 Å². The van der Waals surface area contributed by atoms with Crippen LogP contribution in [0, 0.1) is 5.82 Å². The average molecular weight is 544 g/mol. The van der Waals surface area contributed by atoms with E-state index in [0.717, 1.165) is 56.7 Å². The Hall–Kier alpha value is -3.33. The normalized spacial score (nSPS) is 19.7. The minimum Gasteiger partial charge on any atom is -0.490 e. The molecule has 2 aromatic rings. The van der Waals surface area contributed by atoms with Gasteiger partial charge in [-0.15, -0.1) is 0 Å². The monoisotopic (exact) mass is 543 g/mol. The number of hydrogen-bond acceptors (Lipinski definition) is 4. The first-order valence-corrected chi connectivity index (χ1v) is 13.5. The van der Waals surface area contributed by atoms with Crippen LogP contribution in [0.3, 0.4) is 0 Å². The van der Waals surface area contributed by atoms with Crippen molar-refractivity contribution in [1.29, 1.82) is 0 Å². The molecule has 5 rings (SSSR count). The number of carbonyl (C=O) groups excluding carboxylic acids is 1. The van der Waals surface area contributed by atoms with Crippen LogP contribution in [0.1, 0.15) is 36.8 Å². The van der Waals surface area contributed by atoms with Crippen molar-refractivity contribution in [1.82, 2.24) is 14.7 Å². The topological polar surface area (TPSA) is 36.0 Å². The number of piperidine rings is 2. The Balaban J connectivity index is 1.09. The van der Waals surface area contributed by atoms with E-state index in [0.29, 0.717) is 43.3 Å². The average Bonchev–Trinajstić information content (AvgIpc) is 2.95. The first kappa shape index (κ1) is 27.2. The van der Waals surface area contributed by atoms with E-state index in [-0.39, 0.29) is 17.8 Å². The second-order valence-electron chi connectivity index (χ2n) is 10.4. The van der Waals surface area contributed by atoms with Gasteiger partial charge in [-0.1, -0.05) is 24.3 Å². The van der Waals surface area contributed by atoms with Crippen LogP contribution in [0.5, 0.6) is 5.75 Å². The maximum absolute atomic E-state index is 13.3. The molecule has 0 saturated carbocycles. The van der Waals surface area contributed by atoms with Crippen LogP contribution in [-0.4, -0.2) is 65.5 Å². The largest absolute Gasteiger partial charge is 0.490 e. The van der Waals surface area contributed by atoms with Crippen LogP contribution >= 0.6 is 0 Å². The molecule has 0 aromatic heterocycles. The molecule has 0 aliphatic carbocycles. The zero-order valence-corrected chi connectivity index (χ0v) is 21.7. The predicted molar refractivity (Wildman–Crippen MR) is 140 cm³/mol. The van der Waals surface area contributed by atoms with Crippen LogP contribution in [0.25, 0.3) is 0 Å². The molecule has 2 aromatic carbocycles. The number of alkyl halides is 3. The molecule has 2 saturated heterocycles. The van der Waals surface area contributed by atoms with E-state index in [9.17, 15) is 22.4 Å². The van der Waals surface area contributed by atoms with Crippen LogP contribution in [-0.2, 0) is 17.5 Å². The van der Waals surface area contributed by atoms with Gasteiger partial charge in [0.25, 0.3) is 5.91 Å². The Morgan fingerprint density at radius 1 is 0.897 bits per heavy atom. The highest BCUT2D eigenvalue weighted by Crippen LogP contribution is 2.31. The highest BCUT2D eigenvalue weighted by atomic mass is 19.4. The fourth-order valence-corrected chi connectivity index (χ4v) is 5.49. The molecule has 2 fully saturated rings. The van der Waals surface area contributed by atoms with E-state index in [4.69, 9.17) is 4.74 Å². The molecular weight excluding hydrogens is 510 g/mol. The summed E-state index contributed by atoms with van der Waals surface area (Å²) in [6.07, 6.45) is 4.67. The zero-order valence-electron chi connectivity index (χ0n) is 21.7. The quantitative estimate of drug-likeness (QED) is 0.443. The molecule has 5 nitrogen and oxygen atoms in total. The number of likely N-dealkylation sites (tertiary alicyclic amines) is 2. The number of nitrogens with zero attached hydrogens (tertiary/aromatic N) is 3. The van der Waals surface area contributed by atoms with Crippen molar-refractivity contribution >= 4 is 5.91 Å². The Kier molecular flexibility index (Phi) is 8.26. The lowest BCUT2D eigenvalue weighted by molar-refractivity contribution is -0.137. The predicted octanol–water partition coefficient (Wildman–Crippen LogP) is 5.63. The summed E-state index contributed by atoms with van der Waals surface area (Å²) in [6.45, 7) is 4.57. The van der Waals surface area contributed by atoms with Gasteiger partial charge in [0.05, 0.1) is 11.1 Å². The Bertz CT molecular complexity index is 1180. The molecule has 0 radical (unpaired) electrons. The van der Waals surface area contributed by atoms with Gasteiger partial charge in [-0.2, -0.15) is 13.2 Å². The Morgan fingerprint density at radius 2 is 1.56 bits per heavy atom. The maximum atomic E-state index is 13.3. The highest BCUT2D eigenvalue weighted by Gasteiger charge is 2.31. The van der Waals surface area contributed by atoms with E-state index in [1.54, 1.807) is 0 Å². The van der Waals surface area contributed by atoms with Gasteiger partial charge in [0.1, 0.15) is 17.7 Å². The molecule has 208 valence electrons. The van der Waals surface area contributed by atoms with Crippen LogP contribution in [0.15, 0.2) is 72.5 Å². The van der Waals surface area contributed by atoms with Crippen molar-refractivity contribution in [3.05, 3.63) is 89.4 Å². The third kappa shape index (κ3) is 7.01. The summed E-state index contributed by atoms with van der Waals surface area (Å²) < 4.78 is 57.4. The van der Waals surface area contributed by atoms with Crippen LogP contribution < -0.4 is 4.74 Å². The fourth-order valence-electron chi connectivity index (χ4n) is 5.49. The standard InChI is InChI=1S/C30H33F4N3O2/c31-25-7-3-22(4-8-25)20-35-16-11-26(12-17-35)37-15-1-2-23(21-37)29(38)36-18-13-28(14-19-36)39-27-9-5-24(6-10-27)30(32,33)34/h1-10,21,26,28H,11-20H2. The molecule has 0 N–H and O–H groups in total. The smallest absolute Gasteiger partial charge is 0.416 e. The molecule has 3 aliphatic heterocycles. The van der Waals surface area contributed by atoms with E-state index >= 15 is 0 Å². The molecule has 1 amide bonds. The number of ether oxygens (including phenoxy) is 1. The van der Waals surface area contributed by atoms with Crippen molar-refractivity contribution in [3.8, 4) is 5.75 Å². The second kappa shape index (κ2) is 11.8. The third-order valence-corrected chi connectivity index (χ3v) is 7.72. The number of halogens is 4. The molecule has 0 unspecified atom stereocenters. The number of hydrogen-bond donors (Lipinski definition) is 0. The van der Waals surface area contributed by atoms with Crippen LogP contribution in [0.4, 0.5) is 17.6 Å². The van der Waals surface area contributed by atoms with Gasteiger partial charge >= 0.3 is 6.18 Å². The van der Waals surface area contributed by atoms with Gasteiger partial charge in [0, 0.05) is 64.4 Å². The Labute approximate surface area is 226 Å². The first-order valence-electron chi connectivity index (χ1n) is 13.5. The van der Waals surface area contributed by atoms with E-state index < -0.39 is 11.7 Å². The summed E-state index contributed by atoms with van der Waals surface area (Å²) >= 11 is 0. The molecule has 3 heterocycles. The number of rotatable bonds is 6. The second-order valence-corrected chi connectivity index (χ2v) is 10.4. The zero-order chi connectivity index (χ0) is 27.4. The summed E-state index contributed by atoms with van der Waals surface area (Å²) in [6, 6.07) is 11.8. The lowest BCUT2D eigenvalue weighted by atomic mass is 10.0. The minimum absolute atomic E-state index is 0.00215. The van der Waals surface area contributed by atoms with Gasteiger partial charge in [0.15, 0.2) is 0 Å². The number of benzene rings is 2. The molecule has 3 aliphatic rings. The lowest BCUT2D eigenvalue weighted by Crippen LogP contribution is -2.45. The third-order valence-electron chi connectivity index (χ3n) is 7.72. The van der Waals surface area contributed by atoms with E-state index in [1.165, 1.54) is 24.3 Å². The first-order chi connectivity index (χ1) is 18.7. The van der Waals surface area contributed by atoms with E-state index in [2.05, 4.69) is 9.80 Å². The number of amides is 1. The summed E-state index contributed by atoms with van der Waals surface area (Å²) in [7, 11) is 0. The molecule has 9 heteroatoms. The highest BCUT2D eigenvalue weighted by molar-refractivity contribution is 5.96. The SMILES string of the molecule is O=C(C1=CN(C2CCN(Cc3ccc(F)cc3)CC2)CC=C1)N1CCC(Oc2ccc(C(F)(F)F)cc2)CC1. The molecule has 0 atom stereocenters. The summed E-state index contributed by atoms with van der Waals surface area (Å²) in [5.74, 6) is 0.186. The van der Waals surface area contributed by atoms with Gasteiger partial charge in [-0.25, -0.2) is 4.39 Å². The summed E-state index contributed by atoms with van der Waals surface area (Å²) in [4.78, 5) is 19.7. The van der Waals surface area contributed by atoms with Gasteiger partial charge in [-0.05, 0) is 54.8 Å². The molecule has 0 spiro atoms. The van der Waals surface area contributed by atoms with Crippen molar-refractivity contribution in [3.63, 3.8) is 0 Å². The molecular formula is C30H33F4N3O2. The molecule has 0 bridgehead atoms. The Morgan fingerprint density at radius 3 is 2.21 bits per heavy atom. The fraction of sp³-hybridized carbons (Fsp3) is 0.433. The van der Waals surface area contributed by atoms with Crippen molar-refractivity contribution in [2.24, 2.45) is 0 Å². The number of carbonyl (C=O) groups is 1. The van der Waals surface area contributed by atoms with Gasteiger partial charge in [0.2, 0.25) is 0 Å². The van der Waals surface area contributed by atoms with Crippen molar-refractivity contribution in [2.75, 3.05) is 32.7 Å². The lowest BCUT2D eigenvalue weighted by Gasteiger charge is -2.39. The van der Waals surface area contributed by atoms with Crippen molar-refractivity contribution in [2.45, 2.75) is 50.6 Å². The van der Waals surface area contributed by atoms with Crippen LogP contribution in [0.2, 0.25) is 0 Å². The summed E-state index contributed by atoms with van der Waals surface area (Å²) in [5, 5.41) is 0. The van der Waals surface area contributed by atoms with E-state index in [1.807, 2.05) is 35.4 Å². The van der Waals surface area contributed by atoms with Crippen molar-refractivity contribution < 1.29 is 27.1 Å². The maximum Gasteiger partial charge on any atom is 0.416 e. The summed E-state index contributed by atoms with van der Waals surface area (Å²) in [5.41, 5.74) is 1.09. The minimum atomic E-state index is -4.37. The molecule has 39 heavy (non-hydrogen) atoms.